The fraction of sp³-hybridized carbons (Fsp3) is 0.167. The van der Waals surface area contributed by atoms with E-state index in [1.165, 1.54) is 18.1 Å². The van der Waals surface area contributed by atoms with E-state index in [0.29, 0.717) is 10.9 Å². The number of nitrogens with zero attached hydrogens (tertiary/aromatic N) is 2. The lowest BCUT2D eigenvalue weighted by atomic mass is 10.5. The van der Waals surface area contributed by atoms with Crippen LogP contribution in [0, 0.1) is 0 Å². The van der Waals surface area contributed by atoms with Crippen LogP contribution in [0.25, 0.3) is 0 Å². The highest BCUT2D eigenvalue weighted by atomic mass is 32.2. The molecule has 0 radical (unpaired) electrons. The van der Waals surface area contributed by atoms with Gasteiger partial charge in [-0.05, 0) is 0 Å². The van der Waals surface area contributed by atoms with Gasteiger partial charge in [0.25, 0.3) is 0 Å². The van der Waals surface area contributed by atoms with Crippen LogP contribution in [0.1, 0.15) is 0 Å². The smallest absolute Gasteiger partial charge is 0.328 e. The van der Waals surface area contributed by atoms with Crippen molar-refractivity contribution >= 4 is 17.7 Å². The van der Waals surface area contributed by atoms with Crippen LogP contribution in [0.3, 0.4) is 0 Å². The van der Waals surface area contributed by atoms with Crippen LogP contribution in [0.2, 0.25) is 0 Å². The Morgan fingerprint density at radius 1 is 1.83 bits per heavy atom. The average molecular weight is 185 g/mol. The zero-order valence-electron chi connectivity index (χ0n) is 6.10. The van der Waals surface area contributed by atoms with Gasteiger partial charge in [-0.3, -0.25) is 5.10 Å². The van der Waals surface area contributed by atoms with Crippen LogP contribution in [0.4, 0.5) is 0 Å². The number of aromatic nitrogens is 3. The summed E-state index contributed by atoms with van der Waals surface area (Å²) in [7, 11) is 0. The van der Waals surface area contributed by atoms with Crippen LogP contribution in [-0.4, -0.2) is 32.0 Å². The predicted octanol–water partition coefficient (Wildman–Crippen LogP) is 0.538. The summed E-state index contributed by atoms with van der Waals surface area (Å²) in [6.07, 6.45) is 4.06. The molecule has 0 bridgehead atoms. The Hall–Kier alpha value is -1.30. The minimum atomic E-state index is -0.937. The first-order valence-corrected chi connectivity index (χ1v) is 4.15. The van der Waals surface area contributed by atoms with E-state index in [-0.39, 0.29) is 0 Å². The van der Waals surface area contributed by atoms with E-state index in [9.17, 15) is 4.79 Å². The first-order valence-electron chi connectivity index (χ1n) is 3.16. The molecular formula is C6H7N3O2S. The Kier molecular flexibility index (Phi) is 3.34. The number of aromatic amines is 1. The molecule has 1 rings (SSSR count). The Morgan fingerprint density at radius 2 is 2.67 bits per heavy atom. The number of hydrogen-bond acceptors (Lipinski definition) is 4. The molecule has 0 saturated heterocycles. The molecule has 1 aromatic heterocycles. The van der Waals surface area contributed by atoms with E-state index in [4.69, 9.17) is 5.11 Å². The molecule has 0 aliphatic carbocycles. The maximum atomic E-state index is 10.0. The van der Waals surface area contributed by atoms with Gasteiger partial charge in [0.15, 0.2) is 5.16 Å². The van der Waals surface area contributed by atoms with Crippen molar-refractivity contribution in [2.45, 2.75) is 5.16 Å². The molecular weight excluding hydrogens is 178 g/mol. The molecule has 1 heterocycles. The maximum Gasteiger partial charge on any atom is 0.328 e. The zero-order valence-corrected chi connectivity index (χ0v) is 6.91. The third kappa shape index (κ3) is 3.20. The summed E-state index contributed by atoms with van der Waals surface area (Å²) in [5.41, 5.74) is 0. The lowest BCUT2D eigenvalue weighted by molar-refractivity contribution is -0.131. The van der Waals surface area contributed by atoms with Gasteiger partial charge in [0, 0.05) is 11.8 Å². The van der Waals surface area contributed by atoms with Crippen molar-refractivity contribution in [2.75, 3.05) is 5.75 Å². The van der Waals surface area contributed by atoms with Crippen molar-refractivity contribution < 1.29 is 9.90 Å². The summed E-state index contributed by atoms with van der Waals surface area (Å²) >= 11 is 1.39. The third-order valence-corrected chi connectivity index (χ3v) is 1.80. The fourth-order valence-electron chi connectivity index (χ4n) is 0.540. The standard InChI is InChI=1S/C6H7N3O2S/c10-5(11)2-1-3-12-6-7-4-8-9-6/h1-2,4H,3H2,(H,10,11)(H,7,8,9). The lowest BCUT2D eigenvalue weighted by Crippen LogP contribution is -1.86. The van der Waals surface area contributed by atoms with Crippen LogP contribution in [-0.2, 0) is 4.79 Å². The van der Waals surface area contributed by atoms with Gasteiger partial charge in [-0.25, -0.2) is 9.78 Å². The van der Waals surface area contributed by atoms with Gasteiger partial charge in [0.2, 0.25) is 0 Å². The monoisotopic (exact) mass is 185 g/mol. The first-order chi connectivity index (χ1) is 5.79. The van der Waals surface area contributed by atoms with Crippen LogP contribution < -0.4 is 0 Å². The quantitative estimate of drug-likeness (QED) is 0.528. The van der Waals surface area contributed by atoms with Crippen molar-refractivity contribution in [3.63, 3.8) is 0 Å². The van der Waals surface area contributed by atoms with Gasteiger partial charge in [-0.1, -0.05) is 17.8 Å². The molecule has 2 N–H and O–H groups in total. The highest BCUT2D eigenvalue weighted by Crippen LogP contribution is 2.09. The molecule has 0 aromatic carbocycles. The van der Waals surface area contributed by atoms with E-state index < -0.39 is 5.97 Å². The first kappa shape index (κ1) is 8.79. The number of H-pyrrole nitrogens is 1. The molecule has 0 fully saturated rings. The number of thioether (sulfide) groups is 1. The summed E-state index contributed by atoms with van der Waals surface area (Å²) in [5.74, 6) is -0.366. The largest absolute Gasteiger partial charge is 0.478 e. The summed E-state index contributed by atoms with van der Waals surface area (Å²) in [5, 5.41) is 15.2. The molecule has 0 saturated carbocycles. The van der Waals surface area contributed by atoms with Crippen molar-refractivity contribution in [2.24, 2.45) is 0 Å². The molecule has 0 aliphatic rings. The van der Waals surface area contributed by atoms with E-state index in [1.54, 1.807) is 6.08 Å². The Morgan fingerprint density at radius 3 is 3.25 bits per heavy atom. The summed E-state index contributed by atoms with van der Waals surface area (Å²) in [6.45, 7) is 0. The molecule has 64 valence electrons. The molecule has 1 aromatic rings. The minimum absolute atomic E-state index is 0.571. The second kappa shape index (κ2) is 4.55. The number of carbonyl (C=O) groups is 1. The van der Waals surface area contributed by atoms with Crippen LogP contribution >= 0.6 is 11.8 Å². The number of carboxylic acid groups (broad SMARTS) is 1. The minimum Gasteiger partial charge on any atom is -0.478 e. The van der Waals surface area contributed by atoms with Gasteiger partial charge in [0.05, 0.1) is 0 Å². The second-order valence-electron chi connectivity index (χ2n) is 1.84. The number of rotatable bonds is 4. The van der Waals surface area contributed by atoms with Crippen molar-refractivity contribution in [3.05, 3.63) is 18.5 Å². The zero-order chi connectivity index (χ0) is 8.81. The molecule has 0 spiro atoms. The number of aliphatic carboxylic acids is 1. The van der Waals surface area contributed by atoms with E-state index >= 15 is 0 Å². The van der Waals surface area contributed by atoms with Crippen LogP contribution in [0.5, 0.6) is 0 Å². The number of hydrogen-bond donors (Lipinski definition) is 2. The summed E-state index contributed by atoms with van der Waals surface area (Å²) in [6, 6.07) is 0. The topological polar surface area (TPSA) is 78.9 Å². The molecule has 0 atom stereocenters. The van der Waals surface area contributed by atoms with Crippen molar-refractivity contribution in [1.82, 2.24) is 15.2 Å². The molecule has 0 amide bonds. The van der Waals surface area contributed by atoms with Gasteiger partial charge < -0.3 is 5.11 Å². The van der Waals surface area contributed by atoms with Gasteiger partial charge >= 0.3 is 5.97 Å². The van der Waals surface area contributed by atoms with E-state index in [2.05, 4.69) is 15.2 Å². The molecule has 0 aliphatic heterocycles. The lowest BCUT2D eigenvalue weighted by Gasteiger charge is -1.87. The SMILES string of the molecule is O=C(O)C=CCSc1ncn[nH]1. The van der Waals surface area contributed by atoms with Crippen molar-refractivity contribution in [1.29, 1.82) is 0 Å². The maximum absolute atomic E-state index is 10.0. The molecule has 0 unspecified atom stereocenters. The van der Waals surface area contributed by atoms with Gasteiger partial charge in [0.1, 0.15) is 6.33 Å². The summed E-state index contributed by atoms with van der Waals surface area (Å²) < 4.78 is 0. The fourth-order valence-corrected chi connectivity index (χ4v) is 1.13. The van der Waals surface area contributed by atoms with Gasteiger partial charge in [-0.2, -0.15) is 5.10 Å². The van der Waals surface area contributed by atoms with Gasteiger partial charge in [-0.15, -0.1) is 0 Å². The van der Waals surface area contributed by atoms with Crippen molar-refractivity contribution in [3.8, 4) is 0 Å². The summed E-state index contributed by atoms with van der Waals surface area (Å²) in [4.78, 5) is 13.9. The normalized spacial score (nSPS) is 10.7. The Bertz CT molecular complexity index is 270. The van der Waals surface area contributed by atoms with Crippen LogP contribution in [0.15, 0.2) is 23.6 Å². The van der Waals surface area contributed by atoms with E-state index in [0.717, 1.165) is 6.08 Å². The molecule has 6 heteroatoms. The Labute approximate surface area is 72.9 Å². The Balaban J connectivity index is 2.23. The molecule has 5 nitrogen and oxygen atoms in total. The van der Waals surface area contributed by atoms with E-state index in [1.807, 2.05) is 0 Å². The third-order valence-electron chi connectivity index (χ3n) is 0.970. The highest BCUT2D eigenvalue weighted by molar-refractivity contribution is 7.99. The second-order valence-corrected chi connectivity index (χ2v) is 2.85. The molecule has 12 heavy (non-hydrogen) atoms. The highest BCUT2D eigenvalue weighted by Gasteiger charge is 1.92. The predicted molar refractivity (Wildman–Crippen MR) is 43.9 cm³/mol. The average Bonchev–Trinajstić information content (AvgIpc) is 2.49. The number of carboxylic acids is 1. The number of nitrogens with one attached hydrogen (secondary N) is 1.